The molecule has 0 bridgehead atoms. The van der Waals surface area contributed by atoms with E-state index in [1.165, 1.54) is 0 Å². The molecule has 0 aliphatic carbocycles. The van der Waals surface area contributed by atoms with Crippen molar-refractivity contribution in [3.63, 3.8) is 0 Å². The number of nitrogens with zero attached hydrogens (tertiary/aromatic N) is 3. The summed E-state index contributed by atoms with van der Waals surface area (Å²) in [6.07, 6.45) is 5.15. The van der Waals surface area contributed by atoms with E-state index < -0.39 is 0 Å². The van der Waals surface area contributed by atoms with Crippen LogP contribution in [0, 0.1) is 11.3 Å². The fraction of sp³-hybridized carbons (Fsp3) is 0.269. The van der Waals surface area contributed by atoms with Gasteiger partial charge in [0, 0.05) is 42.5 Å². The number of fused-ring (bicyclic) bond motifs is 1. The molecule has 1 aromatic heterocycles. The lowest BCUT2D eigenvalue weighted by Crippen LogP contribution is -2.43. The molecule has 0 radical (unpaired) electrons. The van der Waals surface area contributed by atoms with Gasteiger partial charge in [-0.25, -0.2) is 0 Å². The van der Waals surface area contributed by atoms with E-state index in [2.05, 4.69) is 26.6 Å². The summed E-state index contributed by atoms with van der Waals surface area (Å²) >= 11 is 0. The van der Waals surface area contributed by atoms with Crippen LogP contribution < -0.4 is 15.4 Å². The third kappa shape index (κ3) is 5.45. The fourth-order valence-corrected chi connectivity index (χ4v) is 4.07. The lowest BCUT2D eigenvalue weighted by Gasteiger charge is -2.31. The Morgan fingerprint density at radius 3 is 2.82 bits per heavy atom. The van der Waals surface area contributed by atoms with Crippen molar-refractivity contribution >= 4 is 28.3 Å². The number of para-hydroxylation sites is 1. The Kier molecular flexibility index (Phi) is 7.25. The molecule has 8 nitrogen and oxygen atoms in total. The fourth-order valence-electron chi connectivity index (χ4n) is 4.07. The molecule has 8 heteroatoms. The Hall–Kier alpha value is -4.09. The van der Waals surface area contributed by atoms with E-state index in [0.29, 0.717) is 22.6 Å². The van der Waals surface area contributed by atoms with Crippen molar-refractivity contribution in [3.05, 3.63) is 72.1 Å². The zero-order chi connectivity index (χ0) is 23.9. The number of carbonyl (C=O) groups is 1. The van der Waals surface area contributed by atoms with Gasteiger partial charge in [-0.1, -0.05) is 12.1 Å². The maximum absolute atomic E-state index is 12.3. The van der Waals surface area contributed by atoms with Gasteiger partial charge in [0.15, 0.2) is 0 Å². The summed E-state index contributed by atoms with van der Waals surface area (Å²) in [5, 5.41) is 26.9. The summed E-state index contributed by atoms with van der Waals surface area (Å²) in [6, 6.07) is 16.6. The van der Waals surface area contributed by atoms with Gasteiger partial charge in [0.1, 0.15) is 17.6 Å². The van der Waals surface area contributed by atoms with E-state index in [1.807, 2.05) is 18.2 Å². The highest BCUT2D eigenvalue weighted by molar-refractivity contribution is 5.93. The van der Waals surface area contributed by atoms with Crippen LogP contribution >= 0.6 is 0 Å². The van der Waals surface area contributed by atoms with Gasteiger partial charge in [-0.05, 0) is 49.2 Å². The standard InChI is InChI=1S/C26H27N5O3/c1-34-20-6-7-24-22(14-20)21(8-11-28-24)25(32)17-31-12-9-19(10-13-31)29-16-26(33)30-23-5-3-2-4-18(23)15-27/h2-8,11,14,17,19,29,32H,9-10,12-13,16H2,1H3,(H,30,33)/b25-17+. The van der Waals surface area contributed by atoms with Crippen LogP contribution in [0.3, 0.4) is 0 Å². The zero-order valence-electron chi connectivity index (χ0n) is 19.0. The van der Waals surface area contributed by atoms with Gasteiger partial charge in [-0.3, -0.25) is 9.78 Å². The first-order chi connectivity index (χ1) is 16.6. The quantitative estimate of drug-likeness (QED) is 0.464. The molecule has 0 spiro atoms. The number of aromatic nitrogens is 1. The number of nitrogens with one attached hydrogen (secondary N) is 2. The number of benzene rings is 2. The van der Waals surface area contributed by atoms with E-state index in [-0.39, 0.29) is 24.3 Å². The molecular formula is C26H27N5O3. The van der Waals surface area contributed by atoms with Gasteiger partial charge in [0.25, 0.3) is 0 Å². The first-order valence-corrected chi connectivity index (χ1v) is 11.2. The summed E-state index contributed by atoms with van der Waals surface area (Å²) in [7, 11) is 1.61. The maximum Gasteiger partial charge on any atom is 0.238 e. The van der Waals surface area contributed by atoms with Crippen LogP contribution in [0.5, 0.6) is 5.75 Å². The molecule has 2 aromatic carbocycles. The topological polar surface area (TPSA) is 111 Å². The number of rotatable bonds is 7. The molecule has 2 heterocycles. The number of amides is 1. The largest absolute Gasteiger partial charge is 0.506 e. The van der Waals surface area contributed by atoms with Crippen LogP contribution in [0.25, 0.3) is 16.7 Å². The number of piperidine rings is 1. The normalized spacial score (nSPS) is 14.6. The summed E-state index contributed by atoms with van der Waals surface area (Å²) in [5.74, 6) is 0.715. The second-order valence-electron chi connectivity index (χ2n) is 8.15. The number of aliphatic hydroxyl groups excluding tert-OH is 1. The van der Waals surface area contributed by atoms with E-state index in [4.69, 9.17) is 10.00 Å². The summed E-state index contributed by atoms with van der Waals surface area (Å²) in [4.78, 5) is 18.7. The Morgan fingerprint density at radius 1 is 1.26 bits per heavy atom. The molecular weight excluding hydrogens is 430 g/mol. The Bertz CT molecular complexity index is 1240. The second kappa shape index (κ2) is 10.7. The molecule has 1 aliphatic rings. The number of hydrogen-bond acceptors (Lipinski definition) is 7. The van der Waals surface area contributed by atoms with Crippen molar-refractivity contribution in [2.45, 2.75) is 18.9 Å². The molecule has 3 aromatic rings. The Labute approximate surface area is 198 Å². The molecule has 34 heavy (non-hydrogen) atoms. The minimum Gasteiger partial charge on any atom is -0.506 e. The minimum absolute atomic E-state index is 0.177. The number of ether oxygens (including phenoxy) is 1. The molecule has 3 N–H and O–H groups in total. The van der Waals surface area contributed by atoms with Gasteiger partial charge >= 0.3 is 0 Å². The van der Waals surface area contributed by atoms with Crippen LogP contribution in [-0.4, -0.2) is 53.7 Å². The monoisotopic (exact) mass is 457 g/mol. The number of likely N-dealkylation sites (tertiary alicyclic amines) is 1. The molecule has 0 saturated carbocycles. The number of hydrogen-bond donors (Lipinski definition) is 3. The molecule has 174 valence electrons. The lowest BCUT2D eigenvalue weighted by atomic mass is 10.0. The highest BCUT2D eigenvalue weighted by Crippen LogP contribution is 2.27. The number of nitriles is 1. The van der Waals surface area contributed by atoms with Crippen LogP contribution in [-0.2, 0) is 4.79 Å². The van der Waals surface area contributed by atoms with Crippen LogP contribution in [0.2, 0.25) is 0 Å². The van der Waals surface area contributed by atoms with Crippen molar-refractivity contribution in [1.29, 1.82) is 5.26 Å². The van der Waals surface area contributed by atoms with Gasteiger partial charge < -0.3 is 25.4 Å². The van der Waals surface area contributed by atoms with Gasteiger partial charge in [0.2, 0.25) is 5.91 Å². The minimum atomic E-state index is -0.178. The van der Waals surface area contributed by atoms with Crippen molar-refractivity contribution in [2.75, 3.05) is 32.1 Å². The van der Waals surface area contributed by atoms with Crippen molar-refractivity contribution < 1.29 is 14.6 Å². The number of aliphatic hydroxyl groups is 1. The van der Waals surface area contributed by atoms with Crippen LogP contribution in [0.15, 0.2) is 60.9 Å². The van der Waals surface area contributed by atoms with Crippen molar-refractivity contribution in [2.24, 2.45) is 0 Å². The van der Waals surface area contributed by atoms with Gasteiger partial charge in [-0.15, -0.1) is 0 Å². The smallest absolute Gasteiger partial charge is 0.238 e. The van der Waals surface area contributed by atoms with E-state index in [1.54, 1.807) is 49.8 Å². The van der Waals surface area contributed by atoms with Crippen LogP contribution in [0.1, 0.15) is 24.0 Å². The highest BCUT2D eigenvalue weighted by Gasteiger charge is 2.19. The number of methoxy groups -OCH3 is 1. The summed E-state index contributed by atoms with van der Waals surface area (Å²) < 4.78 is 5.31. The average Bonchev–Trinajstić information content (AvgIpc) is 2.87. The molecule has 1 saturated heterocycles. The third-order valence-electron chi connectivity index (χ3n) is 5.93. The second-order valence-corrected chi connectivity index (χ2v) is 8.15. The number of carbonyl (C=O) groups excluding carboxylic acids is 1. The molecule has 0 unspecified atom stereocenters. The summed E-state index contributed by atoms with van der Waals surface area (Å²) in [6.45, 7) is 1.69. The molecule has 4 rings (SSSR count). The van der Waals surface area contributed by atoms with Crippen molar-refractivity contribution in [1.82, 2.24) is 15.2 Å². The van der Waals surface area contributed by atoms with Gasteiger partial charge in [-0.2, -0.15) is 5.26 Å². The van der Waals surface area contributed by atoms with E-state index in [0.717, 1.165) is 36.8 Å². The predicted octanol–water partition coefficient (Wildman–Crippen LogP) is 3.66. The van der Waals surface area contributed by atoms with Gasteiger partial charge in [0.05, 0.1) is 30.4 Å². The number of anilines is 1. The first kappa shape index (κ1) is 23.1. The Balaban J connectivity index is 1.31. The lowest BCUT2D eigenvalue weighted by molar-refractivity contribution is -0.115. The third-order valence-corrected chi connectivity index (χ3v) is 5.93. The van der Waals surface area contributed by atoms with Crippen molar-refractivity contribution in [3.8, 4) is 11.8 Å². The summed E-state index contributed by atoms with van der Waals surface area (Å²) in [5.41, 5.74) is 2.46. The first-order valence-electron chi connectivity index (χ1n) is 11.2. The highest BCUT2D eigenvalue weighted by atomic mass is 16.5. The van der Waals surface area contributed by atoms with Crippen LogP contribution in [0.4, 0.5) is 5.69 Å². The van der Waals surface area contributed by atoms with E-state index in [9.17, 15) is 9.90 Å². The van der Waals surface area contributed by atoms with E-state index >= 15 is 0 Å². The molecule has 1 amide bonds. The maximum atomic E-state index is 12.3. The molecule has 0 atom stereocenters. The Morgan fingerprint density at radius 2 is 2.06 bits per heavy atom. The SMILES string of the molecule is COc1ccc2nccc(/C(O)=C\N3CCC(NCC(=O)Nc4ccccc4C#N)CC3)c2c1. The predicted molar refractivity (Wildman–Crippen MR) is 131 cm³/mol. The molecule has 1 aliphatic heterocycles. The molecule has 1 fully saturated rings. The average molecular weight is 458 g/mol. The number of pyridine rings is 1. The zero-order valence-corrected chi connectivity index (χ0v) is 19.0.